The monoisotopic (exact) mass is 530 g/mol. The first-order valence-corrected chi connectivity index (χ1v) is 12.5. The van der Waals surface area contributed by atoms with Gasteiger partial charge in [0.2, 0.25) is 11.8 Å². The van der Waals surface area contributed by atoms with Crippen LogP contribution >= 0.6 is 34.8 Å². The molecule has 1 N–H and O–H groups in total. The van der Waals surface area contributed by atoms with Crippen LogP contribution in [0.25, 0.3) is 0 Å². The van der Waals surface area contributed by atoms with Gasteiger partial charge in [-0.05, 0) is 61.7 Å². The highest BCUT2D eigenvalue weighted by Gasteiger charge is 2.32. The summed E-state index contributed by atoms with van der Waals surface area (Å²) >= 11 is 18.5. The van der Waals surface area contributed by atoms with Gasteiger partial charge in [-0.1, -0.05) is 83.3 Å². The molecule has 7 heteroatoms. The second kappa shape index (κ2) is 11.9. The molecule has 3 rings (SSSR count). The van der Waals surface area contributed by atoms with Crippen LogP contribution in [0, 0.1) is 0 Å². The number of rotatable bonds is 8. The van der Waals surface area contributed by atoms with E-state index in [0.29, 0.717) is 21.5 Å². The minimum absolute atomic E-state index is 0.107. The molecule has 2 amide bonds. The molecular formula is C28H29Cl3N2O2. The van der Waals surface area contributed by atoms with Crippen molar-refractivity contribution in [2.24, 2.45) is 0 Å². The number of benzene rings is 3. The van der Waals surface area contributed by atoms with Gasteiger partial charge in [-0.15, -0.1) is 0 Å². The molecule has 0 aliphatic rings. The van der Waals surface area contributed by atoms with Crippen LogP contribution in [0.5, 0.6) is 0 Å². The van der Waals surface area contributed by atoms with E-state index in [1.165, 1.54) is 0 Å². The molecule has 3 aromatic rings. The minimum Gasteiger partial charge on any atom is -0.350 e. The van der Waals surface area contributed by atoms with E-state index >= 15 is 0 Å². The van der Waals surface area contributed by atoms with E-state index in [0.717, 1.165) is 16.7 Å². The Hall–Kier alpha value is -2.53. The Morgan fingerprint density at radius 2 is 1.51 bits per heavy atom. The van der Waals surface area contributed by atoms with Crippen LogP contribution in [0.2, 0.25) is 15.1 Å². The van der Waals surface area contributed by atoms with Gasteiger partial charge in [-0.2, -0.15) is 0 Å². The summed E-state index contributed by atoms with van der Waals surface area (Å²) in [5.41, 5.74) is 2.05. The molecule has 0 fully saturated rings. The highest BCUT2D eigenvalue weighted by molar-refractivity contribution is 6.42. The van der Waals surface area contributed by atoms with Crippen LogP contribution in [0.3, 0.4) is 0 Å². The molecule has 0 spiro atoms. The Morgan fingerprint density at radius 3 is 2.14 bits per heavy atom. The summed E-state index contributed by atoms with van der Waals surface area (Å²) in [5, 5.41) is 4.43. The standard InChI is InChI=1S/C28H29Cl3N2O2/c1-28(2,3)32-27(35)25(16-19-8-5-4-6-9-19)33(18-21-12-13-23(30)24(31)15-21)26(34)17-20-10-7-11-22(29)14-20/h4-15,25H,16-18H2,1-3H3,(H,32,35). The molecule has 0 saturated carbocycles. The topological polar surface area (TPSA) is 49.4 Å². The quantitative estimate of drug-likeness (QED) is 0.350. The summed E-state index contributed by atoms with van der Waals surface area (Å²) in [5.74, 6) is -0.413. The van der Waals surface area contributed by atoms with Crippen molar-refractivity contribution in [2.75, 3.05) is 0 Å². The van der Waals surface area contributed by atoms with Crippen molar-refractivity contribution < 1.29 is 9.59 Å². The average Bonchev–Trinajstić information content (AvgIpc) is 2.78. The van der Waals surface area contributed by atoms with Crippen LogP contribution in [0.15, 0.2) is 72.8 Å². The Bertz CT molecular complexity index is 1180. The SMILES string of the molecule is CC(C)(C)NC(=O)C(Cc1ccccc1)N(Cc1ccc(Cl)c(Cl)c1)C(=O)Cc1cccc(Cl)c1. The van der Waals surface area contributed by atoms with Crippen LogP contribution in [0.4, 0.5) is 0 Å². The van der Waals surface area contributed by atoms with Gasteiger partial charge in [0.1, 0.15) is 6.04 Å². The maximum atomic E-state index is 13.7. The van der Waals surface area contributed by atoms with E-state index in [-0.39, 0.29) is 24.8 Å². The van der Waals surface area contributed by atoms with Gasteiger partial charge in [0.25, 0.3) is 0 Å². The van der Waals surface area contributed by atoms with Gasteiger partial charge < -0.3 is 10.2 Å². The lowest BCUT2D eigenvalue weighted by Crippen LogP contribution is -2.54. The van der Waals surface area contributed by atoms with E-state index in [1.807, 2.05) is 69.3 Å². The molecule has 0 saturated heterocycles. The Kier molecular flexibility index (Phi) is 9.23. The van der Waals surface area contributed by atoms with Crippen molar-refractivity contribution in [3.8, 4) is 0 Å². The summed E-state index contributed by atoms with van der Waals surface area (Å²) < 4.78 is 0. The molecule has 4 nitrogen and oxygen atoms in total. The number of hydrogen-bond donors (Lipinski definition) is 1. The first-order valence-electron chi connectivity index (χ1n) is 11.4. The second-order valence-electron chi connectivity index (χ2n) is 9.52. The van der Waals surface area contributed by atoms with Crippen molar-refractivity contribution in [1.82, 2.24) is 10.2 Å². The van der Waals surface area contributed by atoms with Gasteiger partial charge in [-0.3, -0.25) is 9.59 Å². The van der Waals surface area contributed by atoms with Gasteiger partial charge in [-0.25, -0.2) is 0 Å². The largest absolute Gasteiger partial charge is 0.350 e. The molecule has 1 atom stereocenters. The highest BCUT2D eigenvalue weighted by atomic mass is 35.5. The Balaban J connectivity index is 2.01. The summed E-state index contributed by atoms with van der Waals surface area (Å²) in [6.45, 7) is 5.95. The zero-order chi connectivity index (χ0) is 25.6. The van der Waals surface area contributed by atoms with E-state index in [9.17, 15) is 9.59 Å². The zero-order valence-corrected chi connectivity index (χ0v) is 22.3. The molecule has 0 heterocycles. The predicted molar refractivity (Wildman–Crippen MR) is 144 cm³/mol. The molecule has 184 valence electrons. The third-order valence-corrected chi connectivity index (χ3v) is 6.32. The highest BCUT2D eigenvalue weighted by Crippen LogP contribution is 2.25. The summed E-state index contributed by atoms with van der Waals surface area (Å²) in [6, 6.07) is 21.4. The maximum Gasteiger partial charge on any atom is 0.243 e. The number of nitrogens with one attached hydrogen (secondary N) is 1. The summed E-state index contributed by atoms with van der Waals surface area (Å²) in [4.78, 5) is 28.9. The van der Waals surface area contributed by atoms with E-state index < -0.39 is 11.6 Å². The van der Waals surface area contributed by atoms with E-state index in [1.54, 1.807) is 29.2 Å². The third kappa shape index (κ3) is 8.28. The molecule has 0 bridgehead atoms. The fourth-order valence-corrected chi connectivity index (χ4v) is 4.30. The number of halogens is 3. The zero-order valence-electron chi connectivity index (χ0n) is 20.0. The molecular weight excluding hydrogens is 503 g/mol. The molecule has 35 heavy (non-hydrogen) atoms. The second-order valence-corrected chi connectivity index (χ2v) is 10.8. The molecule has 0 aliphatic heterocycles. The summed E-state index contributed by atoms with van der Waals surface area (Å²) in [6.07, 6.45) is 0.474. The Labute approximate surface area is 222 Å². The lowest BCUT2D eigenvalue weighted by atomic mass is 10.00. The van der Waals surface area contributed by atoms with Crippen LogP contribution in [-0.4, -0.2) is 28.3 Å². The first kappa shape index (κ1) is 27.1. The van der Waals surface area contributed by atoms with Gasteiger partial charge >= 0.3 is 0 Å². The first-order chi connectivity index (χ1) is 16.5. The molecule has 0 radical (unpaired) electrons. The average molecular weight is 532 g/mol. The van der Waals surface area contributed by atoms with Gasteiger partial charge in [0.15, 0.2) is 0 Å². The number of hydrogen-bond acceptors (Lipinski definition) is 2. The molecule has 1 unspecified atom stereocenters. The van der Waals surface area contributed by atoms with Crippen molar-refractivity contribution in [2.45, 2.75) is 51.7 Å². The Morgan fingerprint density at radius 1 is 0.829 bits per heavy atom. The predicted octanol–water partition coefficient (Wildman–Crippen LogP) is 6.74. The van der Waals surface area contributed by atoms with Crippen molar-refractivity contribution >= 4 is 46.6 Å². The fraction of sp³-hybridized carbons (Fsp3) is 0.286. The van der Waals surface area contributed by atoms with Crippen LogP contribution in [-0.2, 0) is 29.0 Å². The summed E-state index contributed by atoms with van der Waals surface area (Å²) in [7, 11) is 0. The van der Waals surface area contributed by atoms with Crippen LogP contribution in [0.1, 0.15) is 37.5 Å². The lowest BCUT2D eigenvalue weighted by Gasteiger charge is -2.34. The molecule has 0 aromatic heterocycles. The molecule has 3 aromatic carbocycles. The van der Waals surface area contributed by atoms with Gasteiger partial charge in [0.05, 0.1) is 16.5 Å². The molecule has 0 aliphatic carbocycles. The van der Waals surface area contributed by atoms with E-state index in [2.05, 4.69) is 5.32 Å². The van der Waals surface area contributed by atoms with Crippen molar-refractivity contribution in [3.63, 3.8) is 0 Å². The smallest absolute Gasteiger partial charge is 0.243 e. The minimum atomic E-state index is -0.738. The van der Waals surface area contributed by atoms with Crippen molar-refractivity contribution in [3.05, 3.63) is 105 Å². The van der Waals surface area contributed by atoms with Crippen molar-refractivity contribution in [1.29, 1.82) is 0 Å². The number of amides is 2. The maximum absolute atomic E-state index is 13.7. The lowest BCUT2D eigenvalue weighted by molar-refractivity contribution is -0.141. The van der Waals surface area contributed by atoms with Gasteiger partial charge in [0, 0.05) is 23.5 Å². The number of carbonyl (C=O) groups is 2. The van der Waals surface area contributed by atoms with E-state index in [4.69, 9.17) is 34.8 Å². The van der Waals surface area contributed by atoms with Crippen LogP contribution < -0.4 is 5.32 Å². The fourth-order valence-electron chi connectivity index (χ4n) is 3.76. The number of carbonyl (C=O) groups excluding carboxylic acids is 2. The number of nitrogens with zero attached hydrogens (tertiary/aromatic N) is 1. The normalized spacial score (nSPS) is 12.2. The third-order valence-electron chi connectivity index (χ3n) is 5.35.